The highest BCUT2D eigenvalue weighted by Gasteiger charge is 2.27. The van der Waals surface area contributed by atoms with Gasteiger partial charge >= 0.3 is 0 Å². The van der Waals surface area contributed by atoms with Crippen molar-refractivity contribution in [3.8, 4) is 0 Å². The van der Waals surface area contributed by atoms with Gasteiger partial charge in [0.1, 0.15) is 0 Å². The molecule has 4 heteroatoms. The van der Waals surface area contributed by atoms with Gasteiger partial charge in [-0.3, -0.25) is 14.9 Å². The summed E-state index contributed by atoms with van der Waals surface area (Å²) in [5, 5.41) is 5.83. The Morgan fingerprint density at radius 3 is 2.41 bits per heavy atom. The standard InChI is InChI=1S/C18H24N2O2/c21-17-8-7-16(18(22)20-17)15-5-3-13(4-6-15)1-2-14-9-11-19-12-10-14/h3-6,14,16,19H,1-2,7-12H2,(H,20,21,22). The van der Waals surface area contributed by atoms with E-state index in [-0.39, 0.29) is 17.7 Å². The van der Waals surface area contributed by atoms with Crippen molar-refractivity contribution in [2.24, 2.45) is 5.92 Å². The Bertz CT molecular complexity index is 533. The zero-order chi connectivity index (χ0) is 15.4. The molecule has 2 fully saturated rings. The van der Waals surface area contributed by atoms with Crippen LogP contribution < -0.4 is 10.6 Å². The molecule has 2 amide bonds. The van der Waals surface area contributed by atoms with Crippen molar-refractivity contribution in [2.45, 2.75) is 44.4 Å². The Morgan fingerprint density at radius 2 is 1.73 bits per heavy atom. The van der Waals surface area contributed by atoms with E-state index < -0.39 is 0 Å². The smallest absolute Gasteiger partial charge is 0.234 e. The maximum absolute atomic E-state index is 11.9. The van der Waals surface area contributed by atoms with E-state index in [1.807, 2.05) is 0 Å². The van der Waals surface area contributed by atoms with Gasteiger partial charge in [-0.15, -0.1) is 0 Å². The van der Waals surface area contributed by atoms with Crippen LogP contribution in [-0.2, 0) is 16.0 Å². The van der Waals surface area contributed by atoms with E-state index in [1.165, 1.54) is 24.8 Å². The van der Waals surface area contributed by atoms with Crippen LogP contribution >= 0.6 is 0 Å². The van der Waals surface area contributed by atoms with Crippen LogP contribution in [0, 0.1) is 5.92 Å². The minimum Gasteiger partial charge on any atom is -0.317 e. The van der Waals surface area contributed by atoms with Gasteiger partial charge in [-0.1, -0.05) is 24.3 Å². The molecule has 2 N–H and O–H groups in total. The Kier molecular flexibility index (Phi) is 4.88. The molecule has 2 saturated heterocycles. The summed E-state index contributed by atoms with van der Waals surface area (Å²) in [4.78, 5) is 23.1. The number of nitrogens with one attached hydrogen (secondary N) is 2. The summed E-state index contributed by atoms with van der Waals surface area (Å²) in [6.07, 6.45) is 6.00. The molecule has 1 unspecified atom stereocenters. The lowest BCUT2D eigenvalue weighted by Crippen LogP contribution is -2.39. The van der Waals surface area contributed by atoms with Gasteiger partial charge in [-0.25, -0.2) is 0 Å². The molecule has 1 atom stereocenters. The molecule has 0 spiro atoms. The SMILES string of the molecule is O=C1CCC(c2ccc(CCC3CCNCC3)cc2)C(=O)N1. The van der Waals surface area contributed by atoms with Gasteiger partial charge in [0.2, 0.25) is 11.8 Å². The number of benzene rings is 1. The van der Waals surface area contributed by atoms with E-state index in [0.717, 1.165) is 31.0 Å². The van der Waals surface area contributed by atoms with Crippen LogP contribution in [0.3, 0.4) is 0 Å². The van der Waals surface area contributed by atoms with Crippen LogP contribution in [0.25, 0.3) is 0 Å². The fraction of sp³-hybridized carbons (Fsp3) is 0.556. The maximum Gasteiger partial charge on any atom is 0.234 e. The highest BCUT2D eigenvalue weighted by Crippen LogP contribution is 2.26. The van der Waals surface area contributed by atoms with Gasteiger partial charge < -0.3 is 5.32 Å². The Hall–Kier alpha value is -1.68. The molecule has 0 aromatic heterocycles. The summed E-state index contributed by atoms with van der Waals surface area (Å²) in [7, 11) is 0. The minimum atomic E-state index is -0.170. The molecule has 0 aliphatic carbocycles. The lowest BCUT2D eigenvalue weighted by atomic mass is 9.88. The zero-order valence-electron chi connectivity index (χ0n) is 12.9. The minimum absolute atomic E-state index is 0.153. The van der Waals surface area contributed by atoms with Crippen LogP contribution in [0.2, 0.25) is 0 Å². The number of rotatable bonds is 4. The first-order chi connectivity index (χ1) is 10.7. The number of hydrogen-bond acceptors (Lipinski definition) is 3. The van der Waals surface area contributed by atoms with Crippen LogP contribution in [0.4, 0.5) is 0 Å². The Balaban J connectivity index is 1.55. The summed E-state index contributed by atoms with van der Waals surface area (Å²) in [6.45, 7) is 2.30. The third-order valence-electron chi connectivity index (χ3n) is 4.92. The molecule has 1 aromatic rings. The maximum atomic E-state index is 11.9. The van der Waals surface area contributed by atoms with E-state index in [1.54, 1.807) is 0 Å². The molecule has 2 aliphatic heterocycles. The predicted molar refractivity (Wildman–Crippen MR) is 85.5 cm³/mol. The molecule has 118 valence electrons. The Labute approximate surface area is 131 Å². The van der Waals surface area contributed by atoms with E-state index in [9.17, 15) is 9.59 Å². The summed E-state index contributed by atoms with van der Waals surface area (Å²) in [6, 6.07) is 8.38. The third-order valence-corrected chi connectivity index (χ3v) is 4.92. The number of carbonyl (C=O) groups excluding carboxylic acids is 2. The number of amides is 2. The number of aryl methyl sites for hydroxylation is 1. The van der Waals surface area contributed by atoms with Gasteiger partial charge in [-0.2, -0.15) is 0 Å². The van der Waals surface area contributed by atoms with Crippen molar-refractivity contribution in [1.29, 1.82) is 0 Å². The quantitative estimate of drug-likeness (QED) is 0.838. The van der Waals surface area contributed by atoms with Gasteiger partial charge in [-0.05, 0) is 62.2 Å². The normalized spacial score (nSPS) is 23.4. The summed E-state index contributed by atoms with van der Waals surface area (Å²) in [5.74, 6) is 0.366. The topological polar surface area (TPSA) is 58.2 Å². The lowest BCUT2D eigenvalue weighted by molar-refractivity contribution is -0.134. The first-order valence-corrected chi connectivity index (χ1v) is 8.35. The van der Waals surface area contributed by atoms with Crippen LogP contribution in [0.5, 0.6) is 0 Å². The highest BCUT2D eigenvalue weighted by atomic mass is 16.2. The van der Waals surface area contributed by atoms with Gasteiger partial charge in [0.15, 0.2) is 0 Å². The fourth-order valence-corrected chi connectivity index (χ4v) is 3.47. The highest BCUT2D eigenvalue weighted by molar-refractivity contribution is 6.00. The molecule has 0 bridgehead atoms. The Morgan fingerprint density at radius 1 is 1.00 bits per heavy atom. The number of hydrogen-bond donors (Lipinski definition) is 2. The second-order valence-electron chi connectivity index (χ2n) is 6.48. The summed E-state index contributed by atoms with van der Waals surface area (Å²) in [5.41, 5.74) is 2.37. The van der Waals surface area contributed by atoms with E-state index in [4.69, 9.17) is 0 Å². The molecule has 2 aliphatic rings. The van der Waals surface area contributed by atoms with E-state index >= 15 is 0 Å². The van der Waals surface area contributed by atoms with Crippen molar-refractivity contribution >= 4 is 11.8 Å². The zero-order valence-corrected chi connectivity index (χ0v) is 12.9. The molecule has 0 saturated carbocycles. The molecule has 0 radical (unpaired) electrons. The number of carbonyl (C=O) groups is 2. The third kappa shape index (κ3) is 3.74. The molecule has 22 heavy (non-hydrogen) atoms. The first kappa shape index (κ1) is 15.2. The van der Waals surface area contributed by atoms with Crippen molar-refractivity contribution in [2.75, 3.05) is 13.1 Å². The monoisotopic (exact) mass is 300 g/mol. The average Bonchev–Trinajstić information content (AvgIpc) is 2.55. The number of imide groups is 1. The van der Waals surface area contributed by atoms with Crippen molar-refractivity contribution in [3.05, 3.63) is 35.4 Å². The van der Waals surface area contributed by atoms with E-state index in [0.29, 0.717) is 12.8 Å². The fourth-order valence-electron chi connectivity index (χ4n) is 3.47. The first-order valence-electron chi connectivity index (χ1n) is 8.35. The van der Waals surface area contributed by atoms with Gasteiger partial charge in [0.05, 0.1) is 5.92 Å². The average molecular weight is 300 g/mol. The molecular weight excluding hydrogens is 276 g/mol. The second-order valence-corrected chi connectivity index (χ2v) is 6.48. The largest absolute Gasteiger partial charge is 0.317 e. The van der Waals surface area contributed by atoms with Crippen LogP contribution in [0.1, 0.15) is 49.1 Å². The van der Waals surface area contributed by atoms with Crippen LogP contribution in [-0.4, -0.2) is 24.9 Å². The van der Waals surface area contributed by atoms with Crippen molar-refractivity contribution in [1.82, 2.24) is 10.6 Å². The van der Waals surface area contributed by atoms with Crippen molar-refractivity contribution < 1.29 is 9.59 Å². The summed E-state index contributed by atoms with van der Waals surface area (Å²) >= 11 is 0. The van der Waals surface area contributed by atoms with Gasteiger partial charge in [0.25, 0.3) is 0 Å². The second kappa shape index (κ2) is 7.05. The van der Waals surface area contributed by atoms with Crippen molar-refractivity contribution in [3.63, 3.8) is 0 Å². The molecule has 2 heterocycles. The molecule has 3 rings (SSSR count). The molecular formula is C18H24N2O2. The summed E-state index contributed by atoms with van der Waals surface area (Å²) < 4.78 is 0. The van der Waals surface area contributed by atoms with Gasteiger partial charge in [0, 0.05) is 6.42 Å². The van der Waals surface area contributed by atoms with Crippen LogP contribution in [0.15, 0.2) is 24.3 Å². The predicted octanol–water partition coefficient (Wildman–Crippen LogP) is 2.14. The number of piperidine rings is 2. The van der Waals surface area contributed by atoms with E-state index in [2.05, 4.69) is 34.9 Å². The lowest BCUT2D eigenvalue weighted by Gasteiger charge is -2.23. The molecule has 1 aromatic carbocycles. The molecule has 4 nitrogen and oxygen atoms in total.